The first-order valence-corrected chi connectivity index (χ1v) is 11.6. The number of aryl methyl sites for hydroxylation is 1. The number of halogens is 1. The molecule has 0 saturated carbocycles. The largest absolute Gasteiger partial charge is 0.356 e. The molecule has 1 aliphatic rings. The molecule has 1 saturated heterocycles. The van der Waals surface area contributed by atoms with Crippen LogP contribution in [-0.2, 0) is 16.4 Å². The molecule has 0 radical (unpaired) electrons. The standard InChI is InChI=1S/C14H25N5O2S3.HI/c1-12-18-13(11-23-12)3-4-16-14(15-2)17-5-10-24(20,21)19-6-8-22-9-7-19;/h11H,3-10H2,1-2H3,(H2,15,16,17);1H. The summed E-state index contributed by atoms with van der Waals surface area (Å²) in [5, 5.41) is 9.37. The van der Waals surface area contributed by atoms with Crippen LogP contribution in [0.5, 0.6) is 0 Å². The average Bonchev–Trinajstić information content (AvgIpc) is 2.99. The molecule has 1 fully saturated rings. The first-order chi connectivity index (χ1) is 11.5. The van der Waals surface area contributed by atoms with Crippen LogP contribution in [0.1, 0.15) is 10.7 Å². The lowest BCUT2D eigenvalue weighted by atomic mass is 10.3. The summed E-state index contributed by atoms with van der Waals surface area (Å²) in [5.41, 5.74) is 1.06. The second kappa shape index (κ2) is 11.6. The first kappa shape index (κ1) is 22.9. The van der Waals surface area contributed by atoms with Crippen molar-refractivity contribution in [2.45, 2.75) is 13.3 Å². The van der Waals surface area contributed by atoms with Gasteiger partial charge in [-0.05, 0) is 6.92 Å². The quantitative estimate of drug-likeness (QED) is 0.320. The fourth-order valence-electron chi connectivity index (χ4n) is 2.30. The van der Waals surface area contributed by atoms with Gasteiger partial charge in [-0.1, -0.05) is 0 Å². The van der Waals surface area contributed by atoms with Gasteiger partial charge in [0.05, 0.1) is 16.5 Å². The van der Waals surface area contributed by atoms with Gasteiger partial charge in [0, 0.05) is 56.5 Å². The van der Waals surface area contributed by atoms with Gasteiger partial charge in [-0.15, -0.1) is 35.3 Å². The minimum absolute atomic E-state index is 0. The van der Waals surface area contributed by atoms with Crippen LogP contribution < -0.4 is 10.6 Å². The number of nitrogens with zero attached hydrogens (tertiary/aromatic N) is 3. The van der Waals surface area contributed by atoms with E-state index in [1.54, 1.807) is 34.5 Å². The summed E-state index contributed by atoms with van der Waals surface area (Å²) in [6, 6.07) is 0. The summed E-state index contributed by atoms with van der Waals surface area (Å²) in [6.45, 7) is 4.28. The van der Waals surface area contributed by atoms with E-state index in [0.29, 0.717) is 32.1 Å². The fraction of sp³-hybridized carbons (Fsp3) is 0.714. The Hall–Kier alpha value is -0.110. The third-order valence-electron chi connectivity index (χ3n) is 3.58. The van der Waals surface area contributed by atoms with Crippen molar-refractivity contribution in [2.24, 2.45) is 4.99 Å². The Balaban J connectivity index is 0.00000312. The smallest absolute Gasteiger partial charge is 0.215 e. The number of guanidine groups is 1. The summed E-state index contributed by atoms with van der Waals surface area (Å²) in [4.78, 5) is 8.53. The van der Waals surface area contributed by atoms with Gasteiger partial charge in [-0.25, -0.2) is 17.7 Å². The van der Waals surface area contributed by atoms with E-state index in [4.69, 9.17) is 0 Å². The zero-order valence-corrected chi connectivity index (χ0v) is 19.3. The molecule has 0 unspecified atom stereocenters. The SMILES string of the molecule is CN=C(NCCc1csc(C)n1)NCCS(=O)(=O)N1CCSCC1.I. The Morgan fingerprint density at radius 3 is 2.60 bits per heavy atom. The maximum atomic E-state index is 12.3. The molecule has 0 aromatic carbocycles. The van der Waals surface area contributed by atoms with E-state index in [9.17, 15) is 8.42 Å². The van der Waals surface area contributed by atoms with Crippen molar-refractivity contribution in [2.75, 3.05) is 50.5 Å². The van der Waals surface area contributed by atoms with Gasteiger partial charge in [0.1, 0.15) is 0 Å². The molecule has 0 bridgehead atoms. The molecular formula is C14H26IN5O2S3. The van der Waals surface area contributed by atoms with E-state index in [1.807, 2.05) is 6.92 Å². The Morgan fingerprint density at radius 1 is 1.32 bits per heavy atom. The highest BCUT2D eigenvalue weighted by Crippen LogP contribution is 2.13. The number of hydrogen-bond donors (Lipinski definition) is 2. The molecule has 0 amide bonds. The van der Waals surface area contributed by atoms with Crippen LogP contribution in [-0.4, -0.2) is 74.2 Å². The lowest BCUT2D eigenvalue weighted by Crippen LogP contribution is -2.44. The molecule has 2 rings (SSSR count). The zero-order valence-electron chi connectivity index (χ0n) is 14.5. The molecule has 7 nitrogen and oxygen atoms in total. The molecule has 0 atom stereocenters. The van der Waals surface area contributed by atoms with Crippen LogP contribution >= 0.6 is 47.1 Å². The van der Waals surface area contributed by atoms with Crippen molar-refractivity contribution in [3.05, 3.63) is 16.1 Å². The summed E-state index contributed by atoms with van der Waals surface area (Å²) in [7, 11) is -1.50. The fourth-order valence-corrected chi connectivity index (χ4v) is 5.44. The van der Waals surface area contributed by atoms with Crippen molar-refractivity contribution < 1.29 is 8.42 Å². The molecule has 1 aromatic rings. The number of sulfonamides is 1. The molecule has 11 heteroatoms. The normalized spacial score (nSPS) is 16.3. The Labute approximate surface area is 175 Å². The molecule has 0 spiro atoms. The molecule has 2 heterocycles. The first-order valence-electron chi connectivity index (χ1n) is 7.92. The third-order valence-corrected chi connectivity index (χ3v) is 7.22. The Bertz CT molecular complexity index is 645. The molecule has 1 aliphatic heterocycles. The number of rotatable bonds is 7. The minimum atomic E-state index is -3.18. The maximum Gasteiger partial charge on any atom is 0.215 e. The average molecular weight is 520 g/mol. The highest BCUT2D eigenvalue weighted by Gasteiger charge is 2.23. The van der Waals surface area contributed by atoms with Gasteiger partial charge in [0.2, 0.25) is 10.0 Å². The predicted molar refractivity (Wildman–Crippen MR) is 118 cm³/mol. The van der Waals surface area contributed by atoms with E-state index in [1.165, 1.54) is 0 Å². The van der Waals surface area contributed by atoms with E-state index in [-0.39, 0.29) is 29.7 Å². The number of nitrogens with one attached hydrogen (secondary N) is 2. The van der Waals surface area contributed by atoms with Crippen molar-refractivity contribution in [3.63, 3.8) is 0 Å². The highest BCUT2D eigenvalue weighted by atomic mass is 127. The monoisotopic (exact) mass is 519 g/mol. The summed E-state index contributed by atoms with van der Waals surface area (Å²) in [5.74, 6) is 2.47. The topological polar surface area (TPSA) is 86.7 Å². The van der Waals surface area contributed by atoms with Gasteiger partial charge in [0.25, 0.3) is 0 Å². The van der Waals surface area contributed by atoms with Gasteiger partial charge in [-0.2, -0.15) is 11.8 Å². The number of hydrogen-bond acceptors (Lipinski definition) is 6. The Morgan fingerprint density at radius 2 is 2.00 bits per heavy atom. The second-order valence-electron chi connectivity index (χ2n) is 5.36. The molecular weight excluding hydrogens is 493 g/mol. The van der Waals surface area contributed by atoms with Gasteiger partial charge in [0.15, 0.2) is 5.96 Å². The lowest BCUT2D eigenvalue weighted by Gasteiger charge is -2.25. The predicted octanol–water partition coefficient (Wildman–Crippen LogP) is 1.16. The minimum Gasteiger partial charge on any atom is -0.356 e. The van der Waals surface area contributed by atoms with Crippen LogP contribution in [0.25, 0.3) is 0 Å². The van der Waals surface area contributed by atoms with Gasteiger partial charge < -0.3 is 10.6 Å². The molecule has 144 valence electrons. The van der Waals surface area contributed by atoms with Gasteiger partial charge in [-0.3, -0.25) is 4.99 Å². The van der Waals surface area contributed by atoms with Crippen LogP contribution in [0.2, 0.25) is 0 Å². The van der Waals surface area contributed by atoms with E-state index < -0.39 is 10.0 Å². The van der Waals surface area contributed by atoms with E-state index in [2.05, 4.69) is 26.0 Å². The molecule has 2 N–H and O–H groups in total. The molecule has 25 heavy (non-hydrogen) atoms. The van der Waals surface area contributed by atoms with Crippen LogP contribution in [0.4, 0.5) is 0 Å². The van der Waals surface area contributed by atoms with Crippen LogP contribution in [0, 0.1) is 6.92 Å². The maximum absolute atomic E-state index is 12.3. The number of aliphatic imine (C=N–C) groups is 1. The third kappa shape index (κ3) is 7.97. The van der Waals surface area contributed by atoms with Crippen molar-refractivity contribution >= 4 is 63.1 Å². The number of thiazole rings is 1. The van der Waals surface area contributed by atoms with Crippen molar-refractivity contribution in [1.29, 1.82) is 0 Å². The lowest BCUT2D eigenvalue weighted by molar-refractivity contribution is 0.443. The highest BCUT2D eigenvalue weighted by molar-refractivity contribution is 14.0. The number of thioether (sulfide) groups is 1. The van der Waals surface area contributed by atoms with Crippen molar-refractivity contribution in [1.82, 2.24) is 19.9 Å². The van der Waals surface area contributed by atoms with Gasteiger partial charge >= 0.3 is 0 Å². The number of aromatic nitrogens is 1. The van der Waals surface area contributed by atoms with Crippen molar-refractivity contribution in [3.8, 4) is 0 Å². The van der Waals surface area contributed by atoms with E-state index in [0.717, 1.165) is 28.6 Å². The second-order valence-corrected chi connectivity index (χ2v) is 9.74. The van der Waals surface area contributed by atoms with Crippen LogP contribution in [0.15, 0.2) is 10.4 Å². The van der Waals surface area contributed by atoms with Crippen LogP contribution in [0.3, 0.4) is 0 Å². The summed E-state index contributed by atoms with van der Waals surface area (Å²) >= 11 is 3.44. The molecule has 1 aromatic heterocycles. The summed E-state index contributed by atoms with van der Waals surface area (Å²) < 4.78 is 26.1. The Kier molecular flexibility index (Phi) is 10.6. The van der Waals surface area contributed by atoms with E-state index >= 15 is 0 Å². The molecule has 0 aliphatic carbocycles. The zero-order chi connectivity index (χ0) is 17.4. The summed E-state index contributed by atoms with van der Waals surface area (Å²) in [6.07, 6.45) is 0.814.